The van der Waals surface area contributed by atoms with E-state index >= 15 is 0 Å². The molecule has 1 aliphatic heterocycles. The molecule has 1 aliphatic rings. The number of hydrogen-bond acceptors (Lipinski definition) is 4. The molecule has 0 aliphatic carbocycles. The Bertz CT molecular complexity index is 678. The minimum absolute atomic E-state index is 0.128. The first-order valence-corrected chi connectivity index (χ1v) is 6.51. The van der Waals surface area contributed by atoms with Crippen LogP contribution in [0.4, 0.5) is 0 Å². The SMILES string of the molecule is Cc1ccc(O)c(-c2nnc3n2CC(C(=O)O)CC3)c1. The molecule has 0 spiro atoms. The van der Waals surface area contributed by atoms with Crippen molar-refractivity contribution in [3.8, 4) is 17.1 Å². The van der Waals surface area contributed by atoms with Crippen molar-refractivity contribution in [3.63, 3.8) is 0 Å². The lowest BCUT2D eigenvalue weighted by atomic mass is 9.99. The Morgan fingerprint density at radius 1 is 1.40 bits per heavy atom. The lowest BCUT2D eigenvalue weighted by Gasteiger charge is -2.21. The summed E-state index contributed by atoms with van der Waals surface area (Å²) in [4.78, 5) is 11.2. The summed E-state index contributed by atoms with van der Waals surface area (Å²) in [5, 5.41) is 27.4. The van der Waals surface area contributed by atoms with Gasteiger partial charge < -0.3 is 14.8 Å². The monoisotopic (exact) mass is 273 g/mol. The standard InChI is InChI=1S/C14H15N3O3/c1-8-2-4-11(18)10(6-8)13-16-15-12-5-3-9(14(19)20)7-17(12)13/h2,4,6,9,18H,3,5,7H2,1H3,(H,19,20). The molecule has 104 valence electrons. The first-order valence-electron chi connectivity index (χ1n) is 6.51. The second kappa shape index (κ2) is 4.63. The normalized spacial score (nSPS) is 17.8. The summed E-state index contributed by atoms with van der Waals surface area (Å²) >= 11 is 0. The van der Waals surface area contributed by atoms with E-state index in [0.29, 0.717) is 30.8 Å². The van der Waals surface area contributed by atoms with Crippen LogP contribution in [0, 0.1) is 12.8 Å². The van der Waals surface area contributed by atoms with Crippen LogP contribution in [0.15, 0.2) is 18.2 Å². The molecule has 2 heterocycles. The van der Waals surface area contributed by atoms with E-state index in [2.05, 4.69) is 10.2 Å². The van der Waals surface area contributed by atoms with Gasteiger partial charge in [0.25, 0.3) is 0 Å². The average molecular weight is 273 g/mol. The van der Waals surface area contributed by atoms with Crippen LogP contribution in [0.3, 0.4) is 0 Å². The number of aromatic nitrogens is 3. The second-order valence-electron chi connectivity index (χ2n) is 5.14. The van der Waals surface area contributed by atoms with Gasteiger partial charge in [0.1, 0.15) is 11.6 Å². The van der Waals surface area contributed by atoms with Crippen molar-refractivity contribution in [3.05, 3.63) is 29.6 Å². The maximum Gasteiger partial charge on any atom is 0.308 e. The van der Waals surface area contributed by atoms with Gasteiger partial charge in [-0.2, -0.15) is 0 Å². The maximum absolute atomic E-state index is 11.2. The van der Waals surface area contributed by atoms with Crippen molar-refractivity contribution in [2.24, 2.45) is 5.92 Å². The second-order valence-corrected chi connectivity index (χ2v) is 5.14. The van der Waals surface area contributed by atoms with Crippen LogP contribution in [0.5, 0.6) is 5.75 Å². The van der Waals surface area contributed by atoms with Gasteiger partial charge in [0.2, 0.25) is 0 Å². The summed E-state index contributed by atoms with van der Waals surface area (Å²) in [7, 11) is 0. The molecule has 0 bridgehead atoms. The van der Waals surface area contributed by atoms with Gasteiger partial charge in [-0.25, -0.2) is 0 Å². The molecule has 0 saturated heterocycles. The molecular weight excluding hydrogens is 258 g/mol. The van der Waals surface area contributed by atoms with Crippen LogP contribution in [-0.4, -0.2) is 30.9 Å². The van der Waals surface area contributed by atoms with E-state index in [9.17, 15) is 9.90 Å². The van der Waals surface area contributed by atoms with E-state index in [-0.39, 0.29) is 5.75 Å². The van der Waals surface area contributed by atoms with Crippen molar-refractivity contribution < 1.29 is 15.0 Å². The van der Waals surface area contributed by atoms with Crippen molar-refractivity contribution in [2.75, 3.05) is 0 Å². The van der Waals surface area contributed by atoms with E-state index in [1.165, 1.54) is 0 Å². The van der Waals surface area contributed by atoms with Crippen LogP contribution in [0.1, 0.15) is 17.8 Å². The van der Waals surface area contributed by atoms with Gasteiger partial charge in [-0.3, -0.25) is 4.79 Å². The average Bonchev–Trinajstić information content (AvgIpc) is 2.84. The molecule has 3 rings (SSSR count). The Morgan fingerprint density at radius 2 is 2.20 bits per heavy atom. The van der Waals surface area contributed by atoms with Gasteiger partial charge in [0.15, 0.2) is 5.82 Å². The molecule has 2 aromatic rings. The number of carbonyl (C=O) groups is 1. The number of carboxylic acids is 1. The molecule has 1 aromatic carbocycles. The quantitative estimate of drug-likeness (QED) is 0.867. The topological polar surface area (TPSA) is 88.2 Å². The zero-order valence-electron chi connectivity index (χ0n) is 11.1. The van der Waals surface area contributed by atoms with Crippen LogP contribution in [0.2, 0.25) is 0 Å². The number of hydrogen-bond donors (Lipinski definition) is 2. The molecule has 0 radical (unpaired) electrons. The van der Waals surface area contributed by atoms with E-state index in [1.807, 2.05) is 19.1 Å². The van der Waals surface area contributed by atoms with Gasteiger partial charge in [-0.15, -0.1) is 10.2 Å². The third-order valence-corrected chi connectivity index (χ3v) is 3.69. The number of benzene rings is 1. The fourth-order valence-electron chi connectivity index (χ4n) is 2.56. The molecule has 6 nitrogen and oxygen atoms in total. The molecule has 0 fully saturated rings. The van der Waals surface area contributed by atoms with Gasteiger partial charge in [-0.05, 0) is 25.5 Å². The van der Waals surface area contributed by atoms with Crippen LogP contribution in [0.25, 0.3) is 11.4 Å². The van der Waals surface area contributed by atoms with E-state index < -0.39 is 11.9 Å². The number of fused-ring (bicyclic) bond motifs is 1. The molecule has 2 N–H and O–H groups in total. The largest absolute Gasteiger partial charge is 0.507 e. The van der Waals surface area contributed by atoms with Crippen LogP contribution < -0.4 is 0 Å². The molecule has 1 unspecified atom stereocenters. The number of nitrogens with zero attached hydrogens (tertiary/aromatic N) is 3. The van der Waals surface area contributed by atoms with Gasteiger partial charge in [0, 0.05) is 13.0 Å². The highest BCUT2D eigenvalue weighted by atomic mass is 16.4. The highest BCUT2D eigenvalue weighted by Gasteiger charge is 2.28. The predicted octanol–water partition coefficient (Wildman–Crippen LogP) is 1.61. The Hall–Kier alpha value is -2.37. The third kappa shape index (κ3) is 2.03. The number of phenolic OH excluding ortho intramolecular Hbond substituents is 1. The van der Waals surface area contributed by atoms with Crippen LogP contribution in [-0.2, 0) is 17.8 Å². The number of aliphatic carboxylic acids is 1. The van der Waals surface area contributed by atoms with Gasteiger partial charge in [-0.1, -0.05) is 11.6 Å². The van der Waals surface area contributed by atoms with Crippen molar-refractivity contribution in [1.29, 1.82) is 0 Å². The van der Waals surface area contributed by atoms with Crippen molar-refractivity contribution >= 4 is 5.97 Å². The summed E-state index contributed by atoms with van der Waals surface area (Å²) in [6.07, 6.45) is 1.17. The first kappa shape index (κ1) is 12.7. The Balaban J connectivity index is 2.07. The maximum atomic E-state index is 11.2. The highest BCUT2D eigenvalue weighted by molar-refractivity contribution is 5.71. The number of carboxylic acid groups (broad SMARTS) is 1. The molecule has 0 amide bonds. The predicted molar refractivity (Wildman–Crippen MR) is 71.3 cm³/mol. The molecular formula is C14H15N3O3. The van der Waals surface area contributed by atoms with E-state index in [1.54, 1.807) is 10.6 Å². The van der Waals surface area contributed by atoms with E-state index in [0.717, 1.165) is 11.4 Å². The number of aryl methyl sites for hydroxylation is 2. The van der Waals surface area contributed by atoms with Gasteiger partial charge in [0.05, 0.1) is 11.5 Å². The van der Waals surface area contributed by atoms with Crippen LogP contribution >= 0.6 is 0 Å². The summed E-state index contributed by atoms with van der Waals surface area (Å²) in [5.41, 5.74) is 1.59. The molecule has 6 heteroatoms. The minimum Gasteiger partial charge on any atom is -0.507 e. The summed E-state index contributed by atoms with van der Waals surface area (Å²) in [5.74, 6) is 0.210. The fraction of sp³-hybridized carbons (Fsp3) is 0.357. The molecule has 20 heavy (non-hydrogen) atoms. The smallest absolute Gasteiger partial charge is 0.308 e. The zero-order valence-corrected chi connectivity index (χ0v) is 11.1. The third-order valence-electron chi connectivity index (χ3n) is 3.69. The number of phenols is 1. The minimum atomic E-state index is -0.802. The Morgan fingerprint density at radius 3 is 2.95 bits per heavy atom. The summed E-state index contributed by atoms with van der Waals surface area (Å²) in [6.45, 7) is 2.27. The summed E-state index contributed by atoms with van der Waals surface area (Å²) in [6, 6.07) is 5.26. The first-order chi connectivity index (χ1) is 9.56. The lowest BCUT2D eigenvalue weighted by Crippen LogP contribution is -2.27. The Kier molecular flexibility index (Phi) is 2.93. The molecule has 0 saturated carbocycles. The summed E-state index contributed by atoms with van der Waals surface area (Å²) < 4.78 is 1.80. The highest BCUT2D eigenvalue weighted by Crippen LogP contribution is 2.31. The fourth-order valence-corrected chi connectivity index (χ4v) is 2.56. The molecule has 1 aromatic heterocycles. The number of rotatable bonds is 2. The van der Waals surface area contributed by atoms with Crippen molar-refractivity contribution in [2.45, 2.75) is 26.3 Å². The Labute approximate surface area is 115 Å². The molecule has 1 atom stereocenters. The van der Waals surface area contributed by atoms with Crippen molar-refractivity contribution in [1.82, 2.24) is 14.8 Å². The number of aromatic hydroxyl groups is 1. The zero-order chi connectivity index (χ0) is 14.3. The van der Waals surface area contributed by atoms with E-state index in [4.69, 9.17) is 5.11 Å². The lowest BCUT2D eigenvalue weighted by molar-refractivity contribution is -0.142. The van der Waals surface area contributed by atoms with Gasteiger partial charge >= 0.3 is 5.97 Å².